The third-order valence-electron chi connectivity index (χ3n) is 3.43. The molecule has 20 heavy (non-hydrogen) atoms. The summed E-state index contributed by atoms with van der Waals surface area (Å²) in [7, 11) is 0. The highest BCUT2D eigenvalue weighted by atomic mass is 19.4. The van der Waals surface area contributed by atoms with Gasteiger partial charge in [-0.3, -0.25) is 4.79 Å². The first-order chi connectivity index (χ1) is 9.34. The Morgan fingerprint density at radius 1 is 1.40 bits per heavy atom. The minimum Gasteiger partial charge on any atom is -0.334 e. The van der Waals surface area contributed by atoms with E-state index in [4.69, 9.17) is 5.73 Å². The van der Waals surface area contributed by atoms with Crippen LogP contribution in [0.4, 0.5) is 17.6 Å². The largest absolute Gasteiger partial charge is 0.416 e. The van der Waals surface area contributed by atoms with Crippen molar-refractivity contribution in [1.29, 1.82) is 0 Å². The number of benzene rings is 1. The first-order valence-corrected chi connectivity index (χ1v) is 6.22. The lowest BCUT2D eigenvalue weighted by molar-refractivity contribution is -0.137. The van der Waals surface area contributed by atoms with Crippen molar-refractivity contribution in [3.8, 4) is 0 Å². The van der Waals surface area contributed by atoms with E-state index in [1.807, 2.05) is 0 Å². The highest BCUT2D eigenvalue weighted by Crippen LogP contribution is 2.31. The van der Waals surface area contributed by atoms with Crippen molar-refractivity contribution in [3.63, 3.8) is 0 Å². The molecule has 2 rings (SSSR count). The fourth-order valence-electron chi connectivity index (χ4n) is 2.37. The summed E-state index contributed by atoms with van der Waals surface area (Å²) >= 11 is 0. The highest BCUT2D eigenvalue weighted by Gasteiger charge is 2.34. The van der Waals surface area contributed by atoms with E-state index in [1.165, 1.54) is 4.90 Å². The Labute approximate surface area is 113 Å². The van der Waals surface area contributed by atoms with Crippen LogP contribution in [-0.2, 0) is 6.18 Å². The molecule has 0 aromatic heterocycles. The van der Waals surface area contributed by atoms with Gasteiger partial charge in [-0.2, -0.15) is 13.2 Å². The van der Waals surface area contributed by atoms with E-state index in [1.54, 1.807) is 0 Å². The maximum absolute atomic E-state index is 13.6. The lowest BCUT2D eigenvalue weighted by Crippen LogP contribution is -2.40. The molecule has 1 aliphatic heterocycles. The molecule has 3 nitrogen and oxygen atoms in total. The van der Waals surface area contributed by atoms with Crippen molar-refractivity contribution in [3.05, 3.63) is 35.1 Å². The molecule has 0 bridgehead atoms. The van der Waals surface area contributed by atoms with Crippen LogP contribution in [-0.4, -0.2) is 29.9 Å². The summed E-state index contributed by atoms with van der Waals surface area (Å²) in [6, 6.07) is 1.61. The molecule has 1 aliphatic rings. The summed E-state index contributed by atoms with van der Waals surface area (Å²) in [6.45, 7) is 0.600. The second-order valence-corrected chi connectivity index (χ2v) is 4.72. The van der Waals surface area contributed by atoms with Gasteiger partial charge in [0.15, 0.2) is 0 Å². The third-order valence-corrected chi connectivity index (χ3v) is 3.43. The average molecular weight is 290 g/mol. The molecule has 1 heterocycles. The number of nitrogens with zero attached hydrogens (tertiary/aromatic N) is 1. The van der Waals surface area contributed by atoms with Crippen LogP contribution >= 0.6 is 0 Å². The minimum atomic E-state index is -4.61. The SMILES string of the molecule is NCC1CCCN1C(=O)c1cc(C(F)(F)F)ccc1F. The Morgan fingerprint density at radius 3 is 2.70 bits per heavy atom. The number of carbonyl (C=O) groups excluding carboxylic acids is 1. The summed E-state index contributed by atoms with van der Waals surface area (Å²) < 4.78 is 51.5. The molecule has 7 heteroatoms. The molecule has 1 unspecified atom stereocenters. The first-order valence-electron chi connectivity index (χ1n) is 6.22. The van der Waals surface area contributed by atoms with Gasteiger partial charge in [0.25, 0.3) is 5.91 Å². The Kier molecular flexibility index (Phi) is 3.99. The lowest BCUT2D eigenvalue weighted by Gasteiger charge is -2.24. The van der Waals surface area contributed by atoms with Gasteiger partial charge in [-0.1, -0.05) is 0 Å². The molecular weight excluding hydrogens is 276 g/mol. The minimum absolute atomic E-state index is 0.215. The Morgan fingerprint density at radius 2 is 2.10 bits per heavy atom. The van der Waals surface area contributed by atoms with Crippen LogP contribution in [0, 0.1) is 5.82 Å². The van der Waals surface area contributed by atoms with Crippen LogP contribution < -0.4 is 5.73 Å². The Balaban J connectivity index is 2.34. The summed E-state index contributed by atoms with van der Waals surface area (Å²) in [4.78, 5) is 13.5. The maximum atomic E-state index is 13.6. The average Bonchev–Trinajstić information content (AvgIpc) is 2.85. The van der Waals surface area contributed by atoms with Crippen LogP contribution in [0.5, 0.6) is 0 Å². The fraction of sp³-hybridized carbons (Fsp3) is 0.462. The van der Waals surface area contributed by atoms with E-state index < -0.39 is 29.0 Å². The molecule has 0 saturated carbocycles. The second-order valence-electron chi connectivity index (χ2n) is 4.72. The van der Waals surface area contributed by atoms with Crippen LogP contribution in [0.3, 0.4) is 0 Å². The van der Waals surface area contributed by atoms with Gasteiger partial charge in [-0.25, -0.2) is 4.39 Å². The van der Waals surface area contributed by atoms with Crippen LogP contribution in [0.1, 0.15) is 28.8 Å². The van der Waals surface area contributed by atoms with Gasteiger partial charge in [0.1, 0.15) is 5.82 Å². The van der Waals surface area contributed by atoms with Gasteiger partial charge in [0.05, 0.1) is 11.1 Å². The van der Waals surface area contributed by atoms with Gasteiger partial charge in [-0.15, -0.1) is 0 Å². The molecule has 1 aromatic rings. The van der Waals surface area contributed by atoms with Crippen LogP contribution in [0.15, 0.2) is 18.2 Å². The topological polar surface area (TPSA) is 46.3 Å². The molecule has 1 amide bonds. The summed E-state index contributed by atoms with van der Waals surface area (Å²) in [5.41, 5.74) is 3.92. The zero-order valence-electron chi connectivity index (χ0n) is 10.6. The smallest absolute Gasteiger partial charge is 0.334 e. The number of carbonyl (C=O) groups is 1. The number of alkyl halides is 3. The molecule has 1 fully saturated rings. The molecule has 0 spiro atoms. The standard InChI is InChI=1S/C13H14F4N2O/c14-11-4-3-8(13(15,16)17)6-10(11)12(20)19-5-1-2-9(19)7-18/h3-4,6,9H,1-2,5,7,18H2. The highest BCUT2D eigenvalue weighted by molar-refractivity contribution is 5.95. The van der Waals surface area contributed by atoms with E-state index in [0.717, 1.165) is 0 Å². The summed E-state index contributed by atoms with van der Waals surface area (Å²) in [5.74, 6) is -1.69. The second kappa shape index (κ2) is 5.40. The predicted octanol–water partition coefficient (Wildman–Crippen LogP) is 2.41. The fourth-order valence-corrected chi connectivity index (χ4v) is 2.37. The molecule has 1 atom stereocenters. The zero-order chi connectivity index (χ0) is 14.9. The van der Waals surface area contributed by atoms with Crippen LogP contribution in [0.25, 0.3) is 0 Å². The number of likely N-dealkylation sites (tertiary alicyclic amines) is 1. The first kappa shape index (κ1) is 14.8. The number of halogens is 4. The quantitative estimate of drug-likeness (QED) is 0.850. The number of rotatable bonds is 2. The third kappa shape index (κ3) is 2.77. The molecule has 2 N–H and O–H groups in total. The van der Waals surface area contributed by atoms with Gasteiger partial charge < -0.3 is 10.6 Å². The zero-order valence-corrected chi connectivity index (χ0v) is 10.6. The van der Waals surface area contributed by atoms with Crippen molar-refractivity contribution in [2.24, 2.45) is 5.73 Å². The molecule has 1 aromatic carbocycles. The van der Waals surface area contributed by atoms with E-state index in [-0.39, 0.29) is 12.6 Å². The molecular formula is C13H14F4N2O. The summed E-state index contributed by atoms with van der Waals surface area (Å²) in [5, 5.41) is 0. The molecule has 1 saturated heterocycles. The van der Waals surface area contributed by atoms with E-state index in [9.17, 15) is 22.4 Å². The number of hydrogen-bond donors (Lipinski definition) is 1. The van der Waals surface area contributed by atoms with E-state index in [2.05, 4.69) is 0 Å². The molecule has 110 valence electrons. The Bertz CT molecular complexity index is 516. The molecule has 0 radical (unpaired) electrons. The Hall–Kier alpha value is -1.63. The van der Waals surface area contributed by atoms with Crippen LogP contribution in [0.2, 0.25) is 0 Å². The number of nitrogens with two attached hydrogens (primary N) is 1. The maximum Gasteiger partial charge on any atom is 0.416 e. The number of amides is 1. The van der Waals surface area contributed by atoms with Gasteiger partial charge in [-0.05, 0) is 31.0 Å². The predicted molar refractivity (Wildman–Crippen MR) is 64.5 cm³/mol. The van der Waals surface area contributed by atoms with Crippen molar-refractivity contribution in [2.75, 3.05) is 13.1 Å². The normalized spacial score (nSPS) is 19.4. The van der Waals surface area contributed by atoms with Crippen molar-refractivity contribution in [1.82, 2.24) is 4.90 Å². The monoisotopic (exact) mass is 290 g/mol. The molecule has 0 aliphatic carbocycles. The van der Waals surface area contributed by atoms with Gasteiger partial charge >= 0.3 is 6.18 Å². The number of hydrogen-bond acceptors (Lipinski definition) is 2. The lowest BCUT2D eigenvalue weighted by atomic mass is 10.1. The van der Waals surface area contributed by atoms with E-state index >= 15 is 0 Å². The summed E-state index contributed by atoms with van der Waals surface area (Å²) in [6.07, 6.45) is -3.21. The van der Waals surface area contributed by atoms with Gasteiger partial charge in [0, 0.05) is 19.1 Å². The van der Waals surface area contributed by atoms with E-state index in [0.29, 0.717) is 37.6 Å². The van der Waals surface area contributed by atoms with Crippen molar-refractivity contribution in [2.45, 2.75) is 25.1 Å². The van der Waals surface area contributed by atoms with Crippen molar-refractivity contribution < 1.29 is 22.4 Å². The van der Waals surface area contributed by atoms with Crippen molar-refractivity contribution >= 4 is 5.91 Å². The van der Waals surface area contributed by atoms with Gasteiger partial charge in [0.2, 0.25) is 0 Å².